The Hall–Kier alpha value is -2.37. The third-order valence-electron chi connectivity index (χ3n) is 3.02. The van der Waals surface area contributed by atoms with Crippen molar-refractivity contribution in [3.8, 4) is 0 Å². The molecule has 6 heteroatoms. The van der Waals surface area contributed by atoms with E-state index in [1.165, 1.54) is 7.11 Å². The molecular formula is C12H11N3O3. The fourth-order valence-corrected chi connectivity index (χ4v) is 2.16. The fraction of sp³-hybridized carbons (Fsp3) is 0.250. The van der Waals surface area contributed by atoms with Crippen molar-refractivity contribution in [1.82, 2.24) is 9.55 Å². The van der Waals surface area contributed by atoms with E-state index >= 15 is 0 Å². The minimum Gasteiger partial charge on any atom is -0.465 e. The molecule has 1 aromatic carbocycles. The lowest BCUT2D eigenvalue weighted by Crippen LogP contribution is -2.21. The number of aromatic nitrogens is 2. The number of ether oxygens (including phenoxy) is 1. The van der Waals surface area contributed by atoms with E-state index in [1.807, 2.05) is 0 Å². The standard InChI is InChI=1S/C12H11N3O3/c1-18-11(16)7-2-3-8-9(6-7)14-12(17)15-5-4-13-10(8)15/h2-3,6,13H,4-5H2,1H3. The number of nitrogens with one attached hydrogen (secondary N) is 1. The Labute approximate surface area is 102 Å². The average molecular weight is 245 g/mol. The number of esters is 1. The molecule has 3 rings (SSSR count). The van der Waals surface area contributed by atoms with Gasteiger partial charge in [0.2, 0.25) is 0 Å². The molecule has 6 nitrogen and oxygen atoms in total. The van der Waals surface area contributed by atoms with E-state index in [0.29, 0.717) is 17.6 Å². The molecular weight excluding hydrogens is 234 g/mol. The molecule has 1 aliphatic rings. The number of anilines is 1. The molecule has 1 aromatic heterocycles. The highest BCUT2D eigenvalue weighted by Gasteiger charge is 2.17. The van der Waals surface area contributed by atoms with E-state index in [0.717, 1.165) is 17.7 Å². The maximum Gasteiger partial charge on any atom is 0.349 e. The highest BCUT2D eigenvalue weighted by atomic mass is 16.5. The quantitative estimate of drug-likeness (QED) is 0.745. The van der Waals surface area contributed by atoms with E-state index < -0.39 is 5.97 Å². The molecule has 2 heterocycles. The summed E-state index contributed by atoms with van der Waals surface area (Å²) in [6.45, 7) is 1.34. The van der Waals surface area contributed by atoms with E-state index in [2.05, 4.69) is 15.0 Å². The van der Waals surface area contributed by atoms with Crippen LogP contribution in [0.2, 0.25) is 0 Å². The zero-order valence-electron chi connectivity index (χ0n) is 9.77. The Morgan fingerprint density at radius 3 is 3.11 bits per heavy atom. The van der Waals surface area contributed by atoms with Crippen LogP contribution in [0.15, 0.2) is 23.0 Å². The Morgan fingerprint density at radius 1 is 1.50 bits per heavy atom. The lowest BCUT2D eigenvalue weighted by molar-refractivity contribution is 0.0601. The Morgan fingerprint density at radius 2 is 2.33 bits per heavy atom. The van der Waals surface area contributed by atoms with Gasteiger partial charge in [-0.15, -0.1) is 0 Å². The van der Waals surface area contributed by atoms with Gasteiger partial charge in [0.05, 0.1) is 18.2 Å². The fourth-order valence-electron chi connectivity index (χ4n) is 2.16. The van der Waals surface area contributed by atoms with Crippen LogP contribution in [-0.2, 0) is 11.3 Å². The van der Waals surface area contributed by atoms with Gasteiger partial charge in [0.25, 0.3) is 0 Å². The van der Waals surface area contributed by atoms with Crippen LogP contribution in [0.4, 0.5) is 5.82 Å². The van der Waals surface area contributed by atoms with Crippen LogP contribution in [0.1, 0.15) is 10.4 Å². The van der Waals surface area contributed by atoms with Crippen LogP contribution in [0.3, 0.4) is 0 Å². The van der Waals surface area contributed by atoms with Gasteiger partial charge in [0.15, 0.2) is 0 Å². The van der Waals surface area contributed by atoms with Crippen LogP contribution in [0.5, 0.6) is 0 Å². The van der Waals surface area contributed by atoms with Gasteiger partial charge >= 0.3 is 11.7 Å². The van der Waals surface area contributed by atoms with E-state index in [9.17, 15) is 9.59 Å². The number of rotatable bonds is 1. The van der Waals surface area contributed by atoms with E-state index in [4.69, 9.17) is 0 Å². The Kier molecular flexibility index (Phi) is 2.29. The first-order valence-electron chi connectivity index (χ1n) is 5.57. The van der Waals surface area contributed by atoms with E-state index in [-0.39, 0.29) is 5.69 Å². The lowest BCUT2D eigenvalue weighted by atomic mass is 10.1. The van der Waals surface area contributed by atoms with Crippen LogP contribution >= 0.6 is 0 Å². The second kappa shape index (κ2) is 3.83. The van der Waals surface area contributed by atoms with Crippen LogP contribution in [0.25, 0.3) is 10.9 Å². The van der Waals surface area contributed by atoms with Gasteiger partial charge in [0, 0.05) is 18.5 Å². The highest BCUT2D eigenvalue weighted by Crippen LogP contribution is 2.23. The van der Waals surface area contributed by atoms with Gasteiger partial charge < -0.3 is 10.1 Å². The molecule has 0 spiro atoms. The summed E-state index contributed by atoms with van der Waals surface area (Å²) >= 11 is 0. The lowest BCUT2D eigenvalue weighted by Gasteiger charge is -2.07. The molecule has 0 bridgehead atoms. The molecule has 0 radical (unpaired) electrons. The summed E-state index contributed by atoms with van der Waals surface area (Å²) in [5, 5.41) is 3.99. The smallest absolute Gasteiger partial charge is 0.349 e. The number of fused-ring (bicyclic) bond motifs is 3. The number of hydrogen-bond acceptors (Lipinski definition) is 5. The van der Waals surface area contributed by atoms with Gasteiger partial charge in [-0.1, -0.05) is 0 Å². The predicted octanol–water partition coefficient (Wildman–Crippen LogP) is 0.609. The summed E-state index contributed by atoms with van der Waals surface area (Å²) in [4.78, 5) is 27.2. The Bertz CT molecular complexity index is 706. The van der Waals surface area contributed by atoms with Crippen molar-refractivity contribution in [3.63, 3.8) is 0 Å². The number of methoxy groups -OCH3 is 1. The molecule has 0 amide bonds. The molecule has 1 aliphatic heterocycles. The van der Waals surface area contributed by atoms with Crippen molar-refractivity contribution in [2.75, 3.05) is 19.0 Å². The molecule has 0 atom stereocenters. The SMILES string of the molecule is COC(=O)c1ccc2c3n(c(=O)nc2c1)CCN3. The van der Waals surface area contributed by atoms with Crippen molar-refractivity contribution >= 4 is 22.7 Å². The maximum absolute atomic E-state index is 11.8. The normalized spacial score (nSPS) is 13.2. The zero-order chi connectivity index (χ0) is 12.7. The molecule has 0 aliphatic carbocycles. The molecule has 0 saturated heterocycles. The topological polar surface area (TPSA) is 73.2 Å². The van der Waals surface area contributed by atoms with E-state index in [1.54, 1.807) is 22.8 Å². The Balaban J connectivity index is 2.28. The highest BCUT2D eigenvalue weighted by molar-refractivity contribution is 5.97. The molecule has 92 valence electrons. The second-order valence-electron chi connectivity index (χ2n) is 4.04. The van der Waals surface area contributed by atoms with Crippen molar-refractivity contribution in [3.05, 3.63) is 34.2 Å². The second-order valence-corrected chi connectivity index (χ2v) is 4.04. The average Bonchev–Trinajstić information content (AvgIpc) is 2.87. The summed E-state index contributed by atoms with van der Waals surface area (Å²) < 4.78 is 6.24. The molecule has 1 N–H and O–H groups in total. The summed E-state index contributed by atoms with van der Waals surface area (Å²) in [6.07, 6.45) is 0. The predicted molar refractivity (Wildman–Crippen MR) is 65.8 cm³/mol. The van der Waals surface area contributed by atoms with Gasteiger partial charge in [-0.3, -0.25) is 4.57 Å². The molecule has 0 fully saturated rings. The third kappa shape index (κ3) is 1.46. The van der Waals surface area contributed by atoms with Crippen molar-refractivity contribution in [1.29, 1.82) is 0 Å². The number of nitrogens with zero attached hydrogens (tertiary/aromatic N) is 2. The number of carbonyl (C=O) groups excluding carboxylic acids is 1. The number of benzene rings is 1. The molecule has 2 aromatic rings. The largest absolute Gasteiger partial charge is 0.465 e. The van der Waals surface area contributed by atoms with Crippen molar-refractivity contribution in [2.24, 2.45) is 0 Å². The first-order chi connectivity index (χ1) is 8.70. The molecule has 0 saturated carbocycles. The number of hydrogen-bond donors (Lipinski definition) is 1. The minimum atomic E-state index is -0.438. The monoisotopic (exact) mass is 245 g/mol. The van der Waals surface area contributed by atoms with Gasteiger partial charge in [0.1, 0.15) is 5.82 Å². The van der Waals surface area contributed by atoms with Gasteiger partial charge in [-0.05, 0) is 18.2 Å². The summed E-state index contributed by atoms with van der Waals surface area (Å²) in [7, 11) is 1.32. The first kappa shape index (κ1) is 10.8. The summed E-state index contributed by atoms with van der Waals surface area (Å²) in [6, 6.07) is 5.02. The number of carbonyl (C=O) groups is 1. The first-order valence-corrected chi connectivity index (χ1v) is 5.57. The molecule has 18 heavy (non-hydrogen) atoms. The third-order valence-corrected chi connectivity index (χ3v) is 3.02. The van der Waals surface area contributed by atoms with Crippen molar-refractivity contribution in [2.45, 2.75) is 6.54 Å². The van der Waals surface area contributed by atoms with Gasteiger partial charge in [-0.25, -0.2) is 9.59 Å². The van der Waals surface area contributed by atoms with Crippen LogP contribution in [0, 0.1) is 0 Å². The summed E-state index contributed by atoms with van der Waals surface area (Å²) in [5.41, 5.74) is 0.591. The van der Waals surface area contributed by atoms with Crippen LogP contribution in [-0.4, -0.2) is 29.2 Å². The molecule has 0 unspecified atom stereocenters. The van der Waals surface area contributed by atoms with Crippen molar-refractivity contribution < 1.29 is 9.53 Å². The summed E-state index contributed by atoms with van der Waals surface area (Å²) in [5.74, 6) is 0.327. The van der Waals surface area contributed by atoms with Crippen LogP contribution < -0.4 is 11.0 Å². The minimum absolute atomic E-state index is 0.301. The maximum atomic E-state index is 11.8. The zero-order valence-corrected chi connectivity index (χ0v) is 9.77. The van der Waals surface area contributed by atoms with Gasteiger partial charge in [-0.2, -0.15) is 4.98 Å².